The minimum Gasteiger partial charge on any atom is -0.507 e. The molecule has 0 spiro atoms. The van der Waals surface area contributed by atoms with Gasteiger partial charge in [0.15, 0.2) is 0 Å². The number of amides is 1. The predicted molar refractivity (Wildman–Crippen MR) is 69.0 cm³/mol. The highest BCUT2D eigenvalue weighted by atomic mass is 16.4. The minimum absolute atomic E-state index is 0.193. The third-order valence-electron chi connectivity index (χ3n) is 2.71. The first-order chi connectivity index (χ1) is 8.99. The van der Waals surface area contributed by atoms with Crippen LogP contribution in [-0.4, -0.2) is 22.1 Å². The number of carbonyl (C=O) groups is 2. The van der Waals surface area contributed by atoms with Gasteiger partial charge in [-0.3, -0.25) is 4.79 Å². The van der Waals surface area contributed by atoms with Crippen LogP contribution in [0.15, 0.2) is 42.5 Å². The van der Waals surface area contributed by atoms with Crippen LogP contribution in [0.4, 0.5) is 0 Å². The van der Waals surface area contributed by atoms with Crippen molar-refractivity contribution in [3.8, 4) is 16.9 Å². The monoisotopic (exact) mass is 257 g/mol. The van der Waals surface area contributed by atoms with Gasteiger partial charge >= 0.3 is 5.97 Å². The lowest BCUT2D eigenvalue weighted by Crippen LogP contribution is -2.10. The summed E-state index contributed by atoms with van der Waals surface area (Å²) < 4.78 is 0. The van der Waals surface area contributed by atoms with Gasteiger partial charge in [0.25, 0.3) is 0 Å². The molecule has 0 bridgehead atoms. The van der Waals surface area contributed by atoms with Crippen LogP contribution in [0.5, 0.6) is 5.75 Å². The summed E-state index contributed by atoms with van der Waals surface area (Å²) in [7, 11) is 0. The lowest BCUT2D eigenvalue weighted by atomic mass is 10.0. The summed E-state index contributed by atoms with van der Waals surface area (Å²) in [5.41, 5.74) is 6.57. The van der Waals surface area contributed by atoms with Gasteiger partial charge in [0, 0.05) is 5.56 Å². The third-order valence-corrected chi connectivity index (χ3v) is 2.71. The van der Waals surface area contributed by atoms with Crippen LogP contribution in [0, 0.1) is 0 Å². The highest BCUT2D eigenvalue weighted by Crippen LogP contribution is 2.26. The molecule has 0 saturated carbocycles. The molecule has 0 aromatic heterocycles. The second-order valence-electron chi connectivity index (χ2n) is 3.98. The molecule has 0 saturated heterocycles. The molecular weight excluding hydrogens is 246 g/mol. The van der Waals surface area contributed by atoms with Gasteiger partial charge in [0.1, 0.15) is 11.3 Å². The van der Waals surface area contributed by atoms with Gasteiger partial charge in [0.2, 0.25) is 5.91 Å². The number of benzene rings is 2. The van der Waals surface area contributed by atoms with E-state index >= 15 is 0 Å². The molecule has 0 aliphatic heterocycles. The Morgan fingerprint density at radius 3 is 2.32 bits per heavy atom. The van der Waals surface area contributed by atoms with Crippen molar-refractivity contribution in [2.45, 2.75) is 0 Å². The number of rotatable bonds is 3. The number of phenols is 1. The molecule has 0 radical (unpaired) electrons. The summed E-state index contributed by atoms with van der Waals surface area (Å²) in [4.78, 5) is 22.0. The Morgan fingerprint density at radius 2 is 1.68 bits per heavy atom. The van der Waals surface area contributed by atoms with E-state index in [2.05, 4.69) is 0 Å². The lowest BCUT2D eigenvalue weighted by molar-refractivity contribution is 0.0693. The standard InChI is InChI=1S/C14H11NO4/c15-13(17)10-3-1-2-8(6-10)9-4-5-12(16)11(7-9)14(18)19/h1-7,16H,(H2,15,17)(H,18,19). The zero-order valence-corrected chi connectivity index (χ0v) is 9.83. The zero-order valence-electron chi connectivity index (χ0n) is 9.83. The van der Waals surface area contributed by atoms with Crippen molar-refractivity contribution in [3.63, 3.8) is 0 Å². The highest BCUT2D eigenvalue weighted by Gasteiger charge is 2.11. The van der Waals surface area contributed by atoms with E-state index in [4.69, 9.17) is 10.8 Å². The second-order valence-corrected chi connectivity index (χ2v) is 3.98. The third kappa shape index (κ3) is 2.55. The largest absolute Gasteiger partial charge is 0.507 e. The molecule has 5 heteroatoms. The van der Waals surface area contributed by atoms with Gasteiger partial charge in [-0.2, -0.15) is 0 Å². The van der Waals surface area contributed by atoms with E-state index in [1.54, 1.807) is 30.3 Å². The van der Waals surface area contributed by atoms with Crippen molar-refractivity contribution in [2.24, 2.45) is 5.73 Å². The van der Waals surface area contributed by atoms with E-state index in [1.165, 1.54) is 12.1 Å². The molecule has 2 aromatic rings. The van der Waals surface area contributed by atoms with E-state index in [1.807, 2.05) is 0 Å². The topological polar surface area (TPSA) is 101 Å². The molecule has 0 heterocycles. The first kappa shape index (κ1) is 12.6. The van der Waals surface area contributed by atoms with Crippen molar-refractivity contribution in [1.29, 1.82) is 0 Å². The molecule has 0 aliphatic rings. The first-order valence-electron chi connectivity index (χ1n) is 5.45. The SMILES string of the molecule is NC(=O)c1cccc(-c2ccc(O)c(C(=O)O)c2)c1. The number of carbonyl (C=O) groups excluding carboxylic acids is 1. The summed E-state index contributed by atoms with van der Waals surface area (Å²) in [6.45, 7) is 0. The van der Waals surface area contributed by atoms with Crippen molar-refractivity contribution in [3.05, 3.63) is 53.6 Å². The van der Waals surface area contributed by atoms with Crippen molar-refractivity contribution < 1.29 is 19.8 Å². The number of carboxylic acid groups (broad SMARTS) is 1. The van der Waals surface area contributed by atoms with Gasteiger partial charge in [-0.1, -0.05) is 18.2 Å². The Kier molecular flexibility index (Phi) is 3.20. The molecule has 4 N–H and O–H groups in total. The summed E-state index contributed by atoms with van der Waals surface area (Å²) in [6, 6.07) is 10.7. The number of hydrogen-bond donors (Lipinski definition) is 3. The fraction of sp³-hybridized carbons (Fsp3) is 0. The smallest absolute Gasteiger partial charge is 0.339 e. The molecule has 0 aliphatic carbocycles. The summed E-state index contributed by atoms with van der Waals surface area (Å²) >= 11 is 0. The number of nitrogens with two attached hydrogens (primary N) is 1. The van der Waals surface area contributed by atoms with Crippen LogP contribution in [0.3, 0.4) is 0 Å². The minimum atomic E-state index is -1.22. The molecule has 0 unspecified atom stereocenters. The van der Waals surface area contributed by atoms with Gasteiger partial charge < -0.3 is 15.9 Å². The highest BCUT2D eigenvalue weighted by molar-refractivity contribution is 5.95. The number of aromatic carboxylic acids is 1. The molecule has 19 heavy (non-hydrogen) atoms. The maximum absolute atomic E-state index is 11.1. The van der Waals surface area contributed by atoms with Crippen molar-refractivity contribution in [2.75, 3.05) is 0 Å². The van der Waals surface area contributed by atoms with Crippen LogP contribution in [0.25, 0.3) is 11.1 Å². The van der Waals surface area contributed by atoms with Gasteiger partial charge in [-0.05, 0) is 35.4 Å². The van der Waals surface area contributed by atoms with Crippen molar-refractivity contribution >= 4 is 11.9 Å². The maximum atomic E-state index is 11.1. The van der Waals surface area contributed by atoms with E-state index in [0.29, 0.717) is 16.7 Å². The fourth-order valence-corrected chi connectivity index (χ4v) is 1.74. The van der Waals surface area contributed by atoms with Crippen LogP contribution in [0.1, 0.15) is 20.7 Å². The summed E-state index contributed by atoms with van der Waals surface area (Å²) in [5.74, 6) is -2.08. The number of carboxylic acids is 1. The molecule has 96 valence electrons. The molecule has 0 fully saturated rings. The maximum Gasteiger partial charge on any atom is 0.339 e. The van der Waals surface area contributed by atoms with E-state index < -0.39 is 11.9 Å². The average Bonchev–Trinajstić information content (AvgIpc) is 2.39. The van der Waals surface area contributed by atoms with E-state index in [0.717, 1.165) is 0 Å². The molecule has 2 aromatic carbocycles. The Morgan fingerprint density at radius 1 is 1.00 bits per heavy atom. The molecule has 5 nitrogen and oxygen atoms in total. The Bertz CT molecular complexity index is 664. The quantitative estimate of drug-likeness (QED) is 0.781. The average molecular weight is 257 g/mol. The number of hydrogen-bond acceptors (Lipinski definition) is 3. The van der Waals surface area contributed by atoms with Crippen LogP contribution < -0.4 is 5.73 Å². The molecular formula is C14H11NO4. The Labute approximate surface area is 108 Å². The Hall–Kier alpha value is -2.82. The zero-order chi connectivity index (χ0) is 14.0. The Balaban J connectivity index is 2.53. The molecule has 1 amide bonds. The molecule has 2 rings (SSSR count). The van der Waals surface area contributed by atoms with Crippen LogP contribution >= 0.6 is 0 Å². The van der Waals surface area contributed by atoms with Crippen molar-refractivity contribution in [1.82, 2.24) is 0 Å². The van der Waals surface area contributed by atoms with E-state index in [-0.39, 0.29) is 11.3 Å². The molecule has 0 atom stereocenters. The van der Waals surface area contributed by atoms with Gasteiger partial charge in [-0.15, -0.1) is 0 Å². The summed E-state index contributed by atoms with van der Waals surface area (Å²) in [5, 5.41) is 18.4. The normalized spacial score (nSPS) is 10.1. The first-order valence-corrected chi connectivity index (χ1v) is 5.45. The van der Waals surface area contributed by atoms with E-state index in [9.17, 15) is 14.7 Å². The van der Waals surface area contributed by atoms with Gasteiger partial charge in [-0.25, -0.2) is 4.79 Å². The van der Waals surface area contributed by atoms with Gasteiger partial charge in [0.05, 0.1) is 0 Å². The summed E-state index contributed by atoms with van der Waals surface area (Å²) in [6.07, 6.45) is 0. The van der Waals surface area contributed by atoms with Crippen LogP contribution in [0.2, 0.25) is 0 Å². The fourth-order valence-electron chi connectivity index (χ4n) is 1.74. The number of aromatic hydroxyl groups is 1. The lowest BCUT2D eigenvalue weighted by Gasteiger charge is -2.06. The number of primary amides is 1. The second kappa shape index (κ2) is 4.81. The predicted octanol–water partition coefficient (Wildman–Crippen LogP) is 1.86. The van der Waals surface area contributed by atoms with Crippen LogP contribution in [-0.2, 0) is 0 Å².